The lowest BCUT2D eigenvalue weighted by Crippen LogP contribution is -2.00. The van der Waals surface area contributed by atoms with Gasteiger partial charge in [0.05, 0.1) is 12.7 Å². The molecule has 2 rings (SSSR count). The number of thioether (sulfide) groups is 1. The zero-order valence-corrected chi connectivity index (χ0v) is 12.7. The van der Waals surface area contributed by atoms with Crippen LogP contribution in [0.3, 0.4) is 0 Å². The topological polar surface area (TPSA) is 29.5 Å². The fourth-order valence-electron chi connectivity index (χ4n) is 1.86. The van der Waals surface area contributed by atoms with Gasteiger partial charge in [-0.3, -0.25) is 0 Å². The molecule has 0 aromatic heterocycles. The third-order valence-electron chi connectivity index (χ3n) is 3.00. The van der Waals surface area contributed by atoms with Crippen LogP contribution >= 0.6 is 11.8 Å². The molecule has 0 aliphatic rings. The molecule has 0 saturated carbocycles. The van der Waals surface area contributed by atoms with Crippen LogP contribution < -0.4 is 4.74 Å². The summed E-state index contributed by atoms with van der Waals surface area (Å²) in [6.07, 6.45) is -0.461. The molecule has 3 heteroatoms. The first-order valence-corrected chi connectivity index (χ1v) is 7.78. The second kappa shape index (κ2) is 7.36. The smallest absolute Gasteiger partial charge is 0.119 e. The van der Waals surface area contributed by atoms with Gasteiger partial charge in [-0.05, 0) is 43.7 Å². The van der Waals surface area contributed by atoms with Crippen molar-refractivity contribution in [2.45, 2.75) is 24.8 Å². The SMILES string of the molecule is CCOc1ccc(C(O)CSc2ccc(C)cc2)cc1. The van der Waals surface area contributed by atoms with Gasteiger partial charge in [0.25, 0.3) is 0 Å². The number of benzene rings is 2. The first-order valence-electron chi connectivity index (χ1n) is 6.79. The molecule has 1 unspecified atom stereocenters. The van der Waals surface area contributed by atoms with E-state index in [2.05, 4.69) is 31.2 Å². The average Bonchev–Trinajstić information content (AvgIpc) is 2.47. The maximum atomic E-state index is 10.2. The van der Waals surface area contributed by atoms with Crippen molar-refractivity contribution >= 4 is 11.8 Å². The number of hydrogen-bond donors (Lipinski definition) is 1. The Morgan fingerprint density at radius 1 is 1.05 bits per heavy atom. The van der Waals surface area contributed by atoms with E-state index in [0.717, 1.165) is 11.3 Å². The first-order chi connectivity index (χ1) is 9.69. The summed E-state index contributed by atoms with van der Waals surface area (Å²) in [5, 5.41) is 10.2. The maximum absolute atomic E-state index is 10.2. The highest BCUT2D eigenvalue weighted by Crippen LogP contribution is 2.26. The van der Waals surface area contributed by atoms with Crippen LogP contribution in [0.5, 0.6) is 5.75 Å². The lowest BCUT2D eigenvalue weighted by atomic mass is 10.1. The lowest BCUT2D eigenvalue weighted by molar-refractivity contribution is 0.204. The second-order valence-electron chi connectivity index (χ2n) is 4.64. The molecule has 0 bridgehead atoms. The fourth-order valence-corrected chi connectivity index (χ4v) is 2.73. The van der Waals surface area contributed by atoms with Gasteiger partial charge in [0.1, 0.15) is 5.75 Å². The molecule has 0 saturated heterocycles. The molecule has 0 fully saturated rings. The van der Waals surface area contributed by atoms with E-state index in [1.54, 1.807) is 11.8 Å². The van der Waals surface area contributed by atoms with Crippen LogP contribution in [0.4, 0.5) is 0 Å². The predicted molar refractivity (Wildman–Crippen MR) is 84.5 cm³/mol. The highest BCUT2D eigenvalue weighted by molar-refractivity contribution is 7.99. The first kappa shape index (κ1) is 14.9. The number of aliphatic hydroxyl groups is 1. The Bertz CT molecular complexity index is 520. The summed E-state index contributed by atoms with van der Waals surface area (Å²) >= 11 is 1.67. The summed E-state index contributed by atoms with van der Waals surface area (Å²) in [6.45, 7) is 4.69. The number of aliphatic hydroxyl groups excluding tert-OH is 1. The van der Waals surface area contributed by atoms with E-state index in [-0.39, 0.29) is 0 Å². The van der Waals surface area contributed by atoms with Crippen LogP contribution in [0.25, 0.3) is 0 Å². The van der Waals surface area contributed by atoms with E-state index in [0.29, 0.717) is 12.4 Å². The Balaban J connectivity index is 1.90. The number of aryl methyl sites for hydroxylation is 1. The molecular formula is C17H20O2S. The van der Waals surface area contributed by atoms with Gasteiger partial charge in [0, 0.05) is 10.6 Å². The van der Waals surface area contributed by atoms with Crippen molar-refractivity contribution in [3.63, 3.8) is 0 Å². The zero-order valence-electron chi connectivity index (χ0n) is 11.9. The molecule has 2 aromatic carbocycles. The van der Waals surface area contributed by atoms with E-state index >= 15 is 0 Å². The van der Waals surface area contributed by atoms with Gasteiger partial charge in [0.15, 0.2) is 0 Å². The van der Waals surface area contributed by atoms with Gasteiger partial charge >= 0.3 is 0 Å². The lowest BCUT2D eigenvalue weighted by Gasteiger charge is -2.11. The molecular weight excluding hydrogens is 268 g/mol. The van der Waals surface area contributed by atoms with Crippen molar-refractivity contribution in [2.75, 3.05) is 12.4 Å². The number of ether oxygens (including phenoxy) is 1. The minimum absolute atomic E-state index is 0.461. The zero-order chi connectivity index (χ0) is 14.4. The summed E-state index contributed by atoms with van der Waals surface area (Å²) in [7, 11) is 0. The highest BCUT2D eigenvalue weighted by atomic mass is 32.2. The molecule has 0 aliphatic carbocycles. The predicted octanol–water partition coefficient (Wildman–Crippen LogP) is 4.22. The maximum Gasteiger partial charge on any atom is 0.119 e. The summed E-state index contributed by atoms with van der Waals surface area (Å²) < 4.78 is 5.39. The molecule has 0 heterocycles. The quantitative estimate of drug-likeness (QED) is 0.807. The minimum Gasteiger partial charge on any atom is -0.494 e. The van der Waals surface area contributed by atoms with Crippen LogP contribution in [0.2, 0.25) is 0 Å². The van der Waals surface area contributed by atoms with E-state index < -0.39 is 6.10 Å². The molecule has 0 aliphatic heterocycles. The molecule has 1 N–H and O–H groups in total. The molecule has 106 valence electrons. The Labute approximate surface area is 124 Å². The van der Waals surface area contributed by atoms with Gasteiger partial charge in [-0.2, -0.15) is 0 Å². The summed E-state index contributed by atoms with van der Waals surface area (Å²) in [5.74, 6) is 1.49. The summed E-state index contributed by atoms with van der Waals surface area (Å²) in [6, 6.07) is 16.0. The standard InChI is InChI=1S/C17H20O2S/c1-3-19-15-8-6-14(7-9-15)17(18)12-20-16-10-4-13(2)5-11-16/h4-11,17-18H,3,12H2,1-2H3. The Hall–Kier alpha value is -1.45. The van der Waals surface area contributed by atoms with Crippen LogP contribution in [0.15, 0.2) is 53.4 Å². The number of rotatable bonds is 6. The molecule has 0 amide bonds. The largest absolute Gasteiger partial charge is 0.494 e. The summed E-state index contributed by atoms with van der Waals surface area (Å²) in [5.41, 5.74) is 2.18. The van der Waals surface area contributed by atoms with Crippen LogP contribution in [0, 0.1) is 6.92 Å². The Morgan fingerprint density at radius 3 is 2.30 bits per heavy atom. The van der Waals surface area contributed by atoms with E-state index in [4.69, 9.17) is 4.74 Å². The Kier molecular flexibility index (Phi) is 5.50. The number of hydrogen-bond acceptors (Lipinski definition) is 3. The highest BCUT2D eigenvalue weighted by Gasteiger charge is 2.08. The molecule has 1 atom stereocenters. The second-order valence-corrected chi connectivity index (χ2v) is 5.74. The van der Waals surface area contributed by atoms with E-state index in [1.165, 1.54) is 10.5 Å². The van der Waals surface area contributed by atoms with Crippen molar-refractivity contribution in [1.29, 1.82) is 0 Å². The van der Waals surface area contributed by atoms with Gasteiger partial charge < -0.3 is 9.84 Å². The van der Waals surface area contributed by atoms with Gasteiger partial charge in [-0.15, -0.1) is 11.8 Å². The molecule has 2 aromatic rings. The van der Waals surface area contributed by atoms with Crippen LogP contribution in [-0.4, -0.2) is 17.5 Å². The molecule has 20 heavy (non-hydrogen) atoms. The monoisotopic (exact) mass is 288 g/mol. The van der Waals surface area contributed by atoms with Gasteiger partial charge in [-0.1, -0.05) is 29.8 Å². The van der Waals surface area contributed by atoms with Crippen molar-refractivity contribution < 1.29 is 9.84 Å². The Morgan fingerprint density at radius 2 is 1.70 bits per heavy atom. The molecule has 0 radical (unpaired) electrons. The van der Waals surface area contributed by atoms with Crippen molar-refractivity contribution in [1.82, 2.24) is 0 Å². The van der Waals surface area contributed by atoms with Crippen molar-refractivity contribution in [2.24, 2.45) is 0 Å². The van der Waals surface area contributed by atoms with Crippen LogP contribution in [0.1, 0.15) is 24.2 Å². The molecule has 0 spiro atoms. The van der Waals surface area contributed by atoms with Gasteiger partial charge in [-0.25, -0.2) is 0 Å². The van der Waals surface area contributed by atoms with E-state index in [9.17, 15) is 5.11 Å². The average molecular weight is 288 g/mol. The van der Waals surface area contributed by atoms with Gasteiger partial charge in [0.2, 0.25) is 0 Å². The fraction of sp³-hybridized carbons (Fsp3) is 0.294. The van der Waals surface area contributed by atoms with Crippen molar-refractivity contribution in [3.05, 3.63) is 59.7 Å². The molecule has 2 nitrogen and oxygen atoms in total. The minimum atomic E-state index is -0.461. The van der Waals surface area contributed by atoms with E-state index in [1.807, 2.05) is 31.2 Å². The third kappa shape index (κ3) is 4.29. The normalized spacial score (nSPS) is 12.2. The summed E-state index contributed by atoms with van der Waals surface area (Å²) in [4.78, 5) is 1.18. The third-order valence-corrected chi connectivity index (χ3v) is 4.09. The van der Waals surface area contributed by atoms with Crippen molar-refractivity contribution in [3.8, 4) is 5.75 Å². The van der Waals surface area contributed by atoms with Crippen LogP contribution in [-0.2, 0) is 0 Å².